The number of hydrogen-bond acceptors (Lipinski definition) is 3. The average molecular weight is 150 g/mol. The normalized spacial score (nSPS) is 38.2. The minimum absolute atomic E-state index is 0.355. The average Bonchev–Trinajstić information content (AvgIpc) is 2.14. The first-order valence-corrected chi connectivity index (χ1v) is 4.39. The maximum absolute atomic E-state index is 5.40. The van der Waals surface area contributed by atoms with E-state index in [4.69, 9.17) is 4.74 Å². The molecular formula is C5H10OS2. The van der Waals surface area contributed by atoms with Crippen LogP contribution in [0, 0.1) is 0 Å². The zero-order chi connectivity index (χ0) is 5.98. The quantitative estimate of drug-likeness (QED) is 0.566. The summed E-state index contributed by atoms with van der Waals surface area (Å²) in [5.41, 5.74) is 0.355. The zero-order valence-electron chi connectivity index (χ0n) is 4.83. The summed E-state index contributed by atoms with van der Waals surface area (Å²) >= 11 is 5.96. The fourth-order valence-electron chi connectivity index (χ4n) is 0.676. The van der Waals surface area contributed by atoms with E-state index in [-0.39, 0.29) is 0 Å². The molecule has 0 spiro atoms. The van der Waals surface area contributed by atoms with E-state index in [2.05, 4.69) is 19.6 Å². The van der Waals surface area contributed by atoms with Crippen LogP contribution in [-0.4, -0.2) is 23.0 Å². The van der Waals surface area contributed by atoms with Crippen LogP contribution in [0.4, 0.5) is 0 Å². The van der Waals surface area contributed by atoms with E-state index < -0.39 is 0 Å². The lowest BCUT2D eigenvalue weighted by atomic mass is 10.5. The molecule has 1 nitrogen and oxygen atoms in total. The first-order chi connectivity index (χ1) is 3.83. The third kappa shape index (κ3) is 1.57. The molecule has 1 heterocycles. The Labute approximate surface area is 59.6 Å². The lowest BCUT2D eigenvalue weighted by Gasteiger charge is -2.03. The maximum Gasteiger partial charge on any atom is 0.112 e. The number of rotatable bonds is 1. The van der Waals surface area contributed by atoms with Gasteiger partial charge >= 0.3 is 0 Å². The molecule has 8 heavy (non-hydrogen) atoms. The molecule has 0 aliphatic carbocycles. The predicted molar refractivity (Wildman–Crippen MR) is 40.6 cm³/mol. The second-order valence-electron chi connectivity index (χ2n) is 1.89. The Morgan fingerprint density at radius 3 is 2.88 bits per heavy atom. The molecule has 1 fully saturated rings. The molecule has 0 saturated carbocycles. The third-order valence-electron chi connectivity index (χ3n) is 1.05. The number of thioether (sulfide) groups is 1. The van der Waals surface area contributed by atoms with Gasteiger partial charge in [-0.2, -0.15) is 12.6 Å². The summed E-state index contributed by atoms with van der Waals surface area (Å²) in [6, 6.07) is 0. The fourth-order valence-corrected chi connectivity index (χ4v) is 2.02. The number of thiol groups is 1. The largest absolute Gasteiger partial charge is 0.363 e. The predicted octanol–water partition coefficient (Wildman–Crippen LogP) is 1.39. The van der Waals surface area contributed by atoms with E-state index in [1.807, 2.05) is 11.8 Å². The van der Waals surface area contributed by atoms with Crippen LogP contribution in [0.2, 0.25) is 0 Å². The van der Waals surface area contributed by atoms with Crippen molar-refractivity contribution in [1.29, 1.82) is 0 Å². The molecule has 0 N–H and O–H groups in total. The molecule has 0 amide bonds. The molecule has 0 aromatic heterocycles. The molecular weight excluding hydrogens is 140 g/mol. The summed E-state index contributed by atoms with van der Waals surface area (Å²) in [5.74, 6) is 1.97. The smallest absolute Gasteiger partial charge is 0.112 e. The van der Waals surface area contributed by atoms with Crippen LogP contribution in [-0.2, 0) is 4.74 Å². The molecule has 1 aliphatic rings. The SMILES string of the molecule is CC1CSC(CS)O1. The van der Waals surface area contributed by atoms with E-state index in [9.17, 15) is 0 Å². The Morgan fingerprint density at radius 2 is 2.62 bits per heavy atom. The molecule has 1 aliphatic heterocycles. The van der Waals surface area contributed by atoms with Crippen LogP contribution in [0.25, 0.3) is 0 Å². The minimum Gasteiger partial charge on any atom is -0.363 e. The maximum atomic E-state index is 5.40. The van der Waals surface area contributed by atoms with Crippen LogP contribution in [0.1, 0.15) is 6.92 Å². The van der Waals surface area contributed by atoms with Crippen molar-refractivity contribution in [3.63, 3.8) is 0 Å². The summed E-state index contributed by atoms with van der Waals surface area (Å²) in [7, 11) is 0. The standard InChI is InChI=1S/C5H10OS2/c1-4-3-8-5(2-7)6-4/h4-5,7H,2-3H2,1H3. The van der Waals surface area contributed by atoms with Gasteiger partial charge in [-0.15, -0.1) is 11.8 Å². The number of ether oxygens (including phenoxy) is 1. The third-order valence-corrected chi connectivity index (χ3v) is 2.94. The topological polar surface area (TPSA) is 9.23 Å². The Balaban J connectivity index is 2.22. The summed E-state index contributed by atoms with van der Waals surface area (Å²) in [6.07, 6.45) is 0.442. The molecule has 1 rings (SSSR count). The molecule has 48 valence electrons. The zero-order valence-corrected chi connectivity index (χ0v) is 6.54. The van der Waals surface area contributed by atoms with Crippen LogP contribution in [0.3, 0.4) is 0 Å². The second kappa shape index (κ2) is 2.99. The highest BCUT2D eigenvalue weighted by Gasteiger charge is 2.20. The van der Waals surface area contributed by atoms with Crippen molar-refractivity contribution in [3.05, 3.63) is 0 Å². The number of hydrogen-bond donors (Lipinski definition) is 1. The van der Waals surface area contributed by atoms with Gasteiger partial charge in [0.1, 0.15) is 5.44 Å². The Bertz CT molecular complexity index is 76.8. The van der Waals surface area contributed by atoms with Crippen LogP contribution in [0.15, 0.2) is 0 Å². The van der Waals surface area contributed by atoms with Gasteiger partial charge in [0.25, 0.3) is 0 Å². The van der Waals surface area contributed by atoms with Gasteiger partial charge in [-0.25, -0.2) is 0 Å². The van der Waals surface area contributed by atoms with Crippen molar-refractivity contribution >= 4 is 24.4 Å². The lowest BCUT2D eigenvalue weighted by Crippen LogP contribution is -2.07. The molecule has 3 heteroatoms. The van der Waals surface area contributed by atoms with Gasteiger partial charge in [-0.1, -0.05) is 0 Å². The van der Waals surface area contributed by atoms with Crippen LogP contribution < -0.4 is 0 Å². The molecule has 0 aromatic rings. The molecule has 0 radical (unpaired) electrons. The first kappa shape index (κ1) is 6.78. The highest BCUT2D eigenvalue weighted by molar-refractivity contribution is 8.00. The molecule has 1 saturated heterocycles. The van der Waals surface area contributed by atoms with Gasteiger partial charge in [-0.3, -0.25) is 0 Å². The van der Waals surface area contributed by atoms with E-state index >= 15 is 0 Å². The Kier molecular flexibility index (Phi) is 2.53. The summed E-state index contributed by atoms with van der Waals surface area (Å²) in [5, 5.41) is 0. The first-order valence-electron chi connectivity index (χ1n) is 2.71. The van der Waals surface area contributed by atoms with E-state index in [1.54, 1.807) is 0 Å². The van der Waals surface area contributed by atoms with Crippen molar-refractivity contribution in [3.8, 4) is 0 Å². The highest BCUT2D eigenvalue weighted by atomic mass is 32.2. The van der Waals surface area contributed by atoms with Crippen molar-refractivity contribution < 1.29 is 4.74 Å². The highest BCUT2D eigenvalue weighted by Crippen LogP contribution is 2.24. The monoisotopic (exact) mass is 150 g/mol. The molecule has 0 bridgehead atoms. The summed E-state index contributed by atoms with van der Waals surface area (Å²) in [4.78, 5) is 0. The van der Waals surface area contributed by atoms with Gasteiger partial charge in [-0.05, 0) is 6.92 Å². The minimum atomic E-state index is 0.355. The molecule has 0 aromatic carbocycles. The Morgan fingerprint density at radius 1 is 1.88 bits per heavy atom. The van der Waals surface area contributed by atoms with Crippen molar-refractivity contribution in [2.45, 2.75) is 18.5 Å². The fraction of sp³-hybridized carbons (Fsp3) is 1.00. The van der Waals surface area contributed by atoms with Crippen molar-refractivity contribution in [2.24, 2.45) is 0 Å². The lowest BCUT2D eigenvalue weighted by molar-refractivity contribution is 0.0912. The van der Waals surface area contributed by atoms with Gasteiger partial charge in [0.2, 0.25) is 0 Å². The molecule has 2 unspecified atom stereocenters. The van der Waals surface area contributed by atoms with Crippen molar-refractivity contribution in [2.75, 3.05) is 11.5 Å². The van der Waals surface area contributed by atoms with Crippen molar-refractivity contribution in [1.82, 2.24) is 0 Å². The van der Waals surface area contributed by atoms with Crippen LogP contribution in [0.5, 0.6) is 0 Å². The molecule has 2 atom stereocenters. The van der Waals surface area contributed by atoms with E-state index in [1.165, 1.54) is 0 Å². The summed E-state index contributed by atoms with van der Waals surface area (Å²) < 4.78 is 5.40. The van der Waals surface area contributed by atoms with Crippen LogP contribution >= 0.6 is 24.4 Å². The van der Waals surface area contributed by atoms with Gasteiger partial charge in [0.05, 0.1) is 6.10 Å². The Hall–Kier alpha value is 0.660. The van der Waals surface area contributed by atoms with E-state index in [0.29, 0.717) is 11.5 Å². The van der Waals surface area contributed by atoms with Gasteiger partial charge in [0.15, 0.2) is 0 Å². The van der Waals surface area contributed by atoms with Gasteiger partial charge in [0, 0.05) is 11.5 Å². The summed E-state index contributed by atoms with van der Waals surface area (Å²) in [6.45, 7) is 2.09. The van der Waals surface area contributed by atoms with Gasteiger partial charge < -0.3 is 4.74 Å². The second-order valence-corrected chi connectivity index (χ2v) is 3.45. The van der Waals surface area contributed by atoms with E-state index in [0.717, 1.165) is 11.5 Å².